The van der Waals surface area contributed by atoms with Crippen LogP contribution in [0.15, 0.2) is 225 Å². The van der Waals surface area contributed by atoms with Crippen molar-refractivity contribution in [2.45, 2.75) is 146 Å². The second-order valence-electron chi connectivity index (χ2n) is 30.5. The number of aromatic nitrogens is 10. The van der Waals surface area contributed by atoms with E-state index in [9.17, 15) is 51.5 Å². The molecule has 25 heteroatoms. The van der Waals surface area contributed by atoms with Crippen molar-refractivity contribution in [3.05, 3.63) is 374 Å². The quantitative estimate of drug-likeness (QED) is 0.0341. The molecule has 622 valence electrons. The van der Waals surface area contributed by atoms with Crippen molar-refractivity contribution < 1.29 is 46.7 Å². The molecule has 0 bridgehead atoms. The van der Waals surface area contributed by atoms with Crippen LogP contribution in [0.5, 0.6) is 0 Å². The van der Waals surface area contributed by atoms with E-state index in [1.54, 1.807) is 55.5 Å². The molecule has 7 N–H and O–H groups in total. The molecule has 121 heavy (non-hydrogen) atoms. The molecule has 13 aromatic rings. The second kappa shape index (κ2) is 44.1. The SMILES string of the molecule is Clc1cccc(CBr)c1Cl.O=C1CCCc2ccccc21.O=C1CCc2cc(F)ccc21.O=C1c2ccccc2CCC1Cc1c[nH]c(=S)[nH]1.O=C1c2ccccc2CCC1Cc1cnc[nH]1.O=C1c2ccccc2CCC1Cc1cnc[nH]1.O=CCC1CCc2cc(F)ccc21.O=Cc1cnc[nH]1.O=c1[nH]cc(CC2CCc3cc(F)ccc32)[nH]1. The van der Waals surface area contributed by atoms with Crippen LogP contribution in [0.4, 0.5) is 13.2 Å². The Kier molecular flexibility index (Phi) is 32.3. The second-order valence-corrected chi connectivity index (χ2v) is 32.2. The first-order valence-electron chi connectivity index (χ1n) is 40.5. The standard InChI is InChI=1S/C14H14N2OS.2C14H14N2O.C13H13FN2O.C11H11FO.C10H10O.C9H7FO.C7H5BrCl2.C4H4N2O/c17-13-10(7-11-8-15-14(18)16-11)6-5-9-3-1-2-4-12(9)13;2*17-14-11(7-12-8-15-9-16-12)6-5-10-3-1-2-4-13(10)14;14-10-3-4-12-8(5-10)1-2-9(12)6-11-7-15-13(17)16-11;12-10-3-4-11-8(5-6-13)1-2-9(11)7-10;11-10-7-3-5-8-4-1-2-6-9(8)10;10-7-2-3-8-6(5-7)1-4-9(8)11;8-4-5-2-1-3-6(9)7(5)10;7-2-4-1-5-3-6-4/h1-4,8,10H,5-7H2,(H2,15,16,18);2*1-4,8-9,11H,5-7H2,(H,15,16);3-5,7,9H,1-2,6H2,(H2,15,16,17);3-4,6-8H,1-2,5H2;1-2,4,6H,3,5,7H2;2-3,5H,1,4H2;1-3H,4H2;1-3H,(H,5,6). The van der Waals surface area contributed by atoms with E-state index >= 15 is 0 Å². The molecule has 18 nitrogen and oxygen atoms in total. The highest BCUT2D eigenvalue weighted by Gasteiger charge is 2.31. The minimum Gasteiger partial charge on any atom is -0.348 e. The molecule has 0 amide bonds. The number of hydrogen-bond donors (Lipinski definition) is 7. The first kappa shape index (κ1) is 88.7. The summed E-state index contributed by atoms with van der Waals surface area (Å²) in [6.45, 7) is 0. The molecule has 0 saturated heterocycles. The maximum Gasteiger partial charge on any atom is 0.323 e. The van der Waals surface area contributed by atoms with E-state index in [0.29, 0.717) is 69.2 Å². The predicted molar refractivity (Wildman–Crippen MR) is 469 cm³/mol. The summed E-state index contributed by atoms with van der Waals surface area (Å²) < 4.78 is 39.1. The zero-order valence-corrected chi connectivity index (χ0v) is 70.4. The number of aromatic amines is 7. The van der Waals surface area contributed by atoms with Gasteiger partial charge < -0.3 is 39.7 Å². The first-order chi connectivity index (χ1) is 58.8. The molecule has 0 spiro atoms. The lowest BCUT2D eigenvalue weighted by atomic mass is 9.81. The zero-order valence-electron chi connectivity index (χ0n) is 66.5. The number of benzene rings is 8. The summed E-state index contributed by atoms with van der Waals surface area (Å²) in [4.78, 5) is 122. The van der Waals surface area contributed by atoms with Gasteiger partial charge in [0.25, 0.3) is 0 Å². The Hall–Kier alpha value is -11.6. The van der Waals surface area contributed by atoms with Gasteiger partial charge in [0.05, 0.1) is 40.9 Å². The number of nitrogens with one attached hydrogen (secondary N) is 7. The highest BCUT2D eigenvalue weighted by molar-refractivity contribution is 9.08. The van der Waals surface area contributed by atoms with Crippen LogP contribution in [-0.2, 0) is 80.8 Å². The number of Topliss-reactive ketones (excluding diaryl/α,β-unsaturated/α-hetero) is 5. The van der Waals surface area contributed by atoms with E-state index < -0.39 is 0 Å². The van der Waals surface area contributed by atoms with Gasteiger partial charge in [0.15, 0.2) is 40.0 Å². The van der Waals surface area contributed by atoms with Gasteiger partial charge in [-0.1, -0.05) is 160 Å². The number of aryl methyl sites for hydroxylation is 7. The fourth-order valence-electron chi connectivity index (χ4n) is 16.3. The first-order valence-corrected chi connectivity index (χ1v) is 42.8. The smallest absolute Gasteiger partial charge is 0.323 e. The van der Waals surface area contributed by atoms with Crippen LogP contribution in [-0.4, -0.2) is 91.3 Å². The third kappa shape index (κ3) is 24.6. The number of ketones is 5. The van der Waals surface area contributed by atoms with Crippen molar-refractivity contribution in [3.63, 3.8) is 0 Å². The van der Waals surface area contributed by atoms with E-state index in [2.05, 4.69) is 77.9 Å². The van der Waals surface area contributed by atoms with E-state index in [0.717, 1.165) is 194 Å². The number of H-pyrrole nitrogens is 7. The lowest BCUT2D eigenvalue weighted by molar-refractivity contribution is -0.108. The molecule has 7 aliphatic carbocycles. The number of halogens is 6. The highest BCUT2D eigenvalue weighted by Crippen LogP contribution is 2.38. The monoisotopic (exact) mass is 1750 g/mol. The van der Waals surface area contributed by atoms with Gasteiger partial charge in [0.1, 0.15) is 23.7 Å². The summed E-state index contributed by atoms with van der Waals surface area (Å²) in [5.74, 6) is 1.66. The van der Waals surface area contributed by atoms with Gasteiger partial charge in [-0.3, -0.25) is 28.8 Å². The topological polar surface area (TPSA) is 286 Å². The predicted octanol–water partition coefficient (Wildman–Crippen LogP) is 20.7. The molecule has 0 fully saturated rings. The van der Waals surface area contributed by atoms with E-state index in [1.165, 1.54) is 64.6 Å². The van der Waals surface area contributed by atoms with Gasteiger partial charge in [0, 0.05) is 118 Å². The van der Waals surface area contributed by atoms with Crippen molar-refractivity contribution in [2.24, 2.45) is 17.8 Å². The van der Waals surface area contributed by atoms with Crippen molar-refractivity contribution in [1.29, 1.82) is 0 Å². The average Bonchev–Trinajstić information content (AvgIpc) is 1.05. The molecule has 0 aliphatic heterocycles. The number of hydrogen-bond acceptors (Lipinski definition) is 12. The van der Waals surface area contributed by atoms with E-state index in [4.69, 9.17) is 35.4 Å². The van der Waals surface area contributed by atoms with Gasteiger partial charge >= 0.3 is 5.69 Å². The lowest BCUT2D eigenvalue weighted by Gasteiger charge is -2.22. The van der Waals surface area contributed by atoms with Crippen LogP contribution >= 0.6 is 51.3 Å². The molecule has 0 radical (unpaired) electrons. The van der Waals surface area contributed by atoms with Crippen LogP contribution in [0.25, 0.3) is 0 Å². The summed E-state index contributed by atoms with van der Waals surface area (Å²) in [7, 11) is 0. The molecule has 5 heterocycles. The molecular weight excluding hydrogens is 1660 g/mol. The Balaban J connectivity index is 0.000000126. The number of carbonyl (C=O) groups excluding carboxylic acids is 7. The number of alkyl halides is 1. The van der Waals surface area contributed by atoms with Crippen LogP contribution in [0, 0.1) is 40.0 Å². The molecule has 5 atom stereocenters. The molecule has 20 rings (SSSR count). The van der Waals surface area contributed by atoms with Crippen LogP contribution < -0.4 is 5.69 Å². The minimum absolute atomic E-state index is 0.0707. The average molecular weight is 1750 g/mol. The third-order valence-electron chi connectivity index (χ3n) is 22.5. The van der Waals surface area contributed by atoms with Crippen molar-refractivity contribution in [1.82, 2.24) is 49.8 Å². The molecule has 5 unspecified atom stereocenters. The maximum absolute atomic E-state index is 13.1. The summed E-state index contributed by atoms with van der Waals surface area (Å²) in [6.07, 6.45) is 32.4. The molecule has 7 aliphatic rings. The number of fused-ring (bicyclic) bond motifs is 7. The number of rotatable bonds is 12. The Morgan fingerprint density at radius 1 is 0.413 bits per heavy atom. The highest BCUT2D eigenvalue weighted by atomic mass is 79.9. The lowest BCUT2D eigenvalue weighted by Crippen LogP contribution is -2.24. The van der Waals surface area contributed by atoms with Crippen LogP contribution in [0.2, 0.25) is 10.0 Å². The minimum atomic E-state index is -0.251. The van der Waals surface area contributed by atoms with Gasteiger partial charge in [-0.25, -0.2) is 32.9 Å². The fourth-order valence-corrected chi connectivity index (χ4v) is 17.5. The van der Waals surface area contributed by atoms with Gasteiger partial charge in [-0.2, -0.15) is 0 Å². The largest absolute Gasteiger partial charge is 0.348 e. The molecule has 8 aromatic carbocycles. The van der Waals surface area contributed by atoms with Crippen molar-refractivity contribution in [3.8, 4) is 0 Å². The third-order valence-corrected chi connectivity index (χ3v) is 24.2. The van der Waals surface area contributed by atoms with Crippen molar-refractivity contribution >= 4 is 92.8 Å². The normalized spacial score (nSPS) is 17.0. The van der Waals surface area contributed by atoms with Gasteiger partial charge in [-0.15, -0.1) is 0 Å². The number of carbonyl (C=O) groups is 7. The van der Waals surface area contributed by atoms with Crippen molar-refractivity contribution in [2.75, 3.05) is 0 Å². The molecule has 5 aromatic heterocycles. The summed E-state index contributed by atoms with van der Waals surface area (Å²) >= 11 is 19.9. The number of nitrogens with zero attached hydrogens (tertiary/aromatic N) is 3. The van der Waals surface area contributed by atoms with Gasteiger partial charge in [-0.05, 0) is 237 Å². The summed E-state index contributed by atoms with van der Waals surface area (Å²) in [5.41, 5.74) is 19.9. The maximum atomic E-state index is 13.1. The summed E-state index contributed by atoms with van der Waals surface area (Å²) in [6, 6.07) is 51.5. The molecule has 0 saturated carbocycles. The zero-order chi connectivity index (χ0) is 85.2. The fraction of sp³-hybridized carbons (Fsp3) is 0.271. The van der Waals surface area contributed by atoms with Gasteiger partial charge in [0.2, 0.25) is 0 Å². The van der Waals surface area contributed by atoms with Crippen LogP contribution in [0.3, 0.4) is 0 Å². The Bertz CT molecular complexity index is 5730. The Morgan fingerprint density at radius 3 is 1.31 bits per heavy atom. The Morgan fingerprint density at radius 2 is 0.851 bits per heavy atom. The number of aldehydes is 2. The Labute approximate surface area is 722 Å². The molecular formula is C96H92BrCl2F3N10O8S. The van der Waals surface area contributed by atoms with E-state index in [1.807, 2.05) is 115 Å². The number of imidazole rings is 5. The van der Waals surface area contributed by atoms with Crippen LogP contribution in [0.1, 0.15) is 210 Å². The van der Waals surface area contributed by atoms with E-state index in [-0.39, 0.29) is 64.0 Å². The summed E-state index contributed by atoms with van der Waals surface area (Å²) in [5, 5.41) is 1.99.